The molecule has 3 nitrogen and oxygen atoms in total. The van der Waals surface area contributed by atoms with Crippen LogP contribution in [-0.2, 0) is 16.0 Å². The number of halogens is 2. The largest absolute Gasteiger partial charge is 0.379 e. The maximum atomic E-state index is 12.8. The summed E-state index contributed by atoms with van der Waals surface area (Å²) in [5.74, 6) is -0.247. The number of benzene rings is 1. The van der Waals surface area contributed by atoms with Crippen LogP contribution >= 0.6 is 15.9 Å². The van der Waals surface area contributed by atoms with E-state index >= 15 is 0 Å². The van der Waals surface area contributed by atoms with Gasteiger partial charge in [0.2, 0.25) is 5.91 Å². The zero-order chi connectivity index (χ0) is 14.1. The van der Waals surface area contributed by atoms with E-state index in [1.807, 2.05) is 6.92 Å². The van der Waals surface area contributed by atoms with Gasteiger partial charge in [0.1, 0.15) is 5.82 Å². The third kappa shape index (κ3) is 6.16. The number of amides is 1. The summed E-state index contributed by atoms with van der Waals surface area (Å²) in [5, 5.41) is 0.794. The number of nitrogens with zero attached hydrogens (tertiary/aromatic N) is 1. The standard InChI is InChI=1S/C14H19BrFNO2/c1-2-17(8-10-19-9-7-15)14(18)11-12-3-5-13(16)6-4-12/h3-6H,2,7-11H2,1H3. The Morgan fingerprint density at radius 3 is 2.58 bits per heavy atom. The Bertz CT molecular complexity index is 384. The average molecular weight is 332 g/mol. The third-order valence-electron chi connectivity index (χ3n) is 2.73. The van der Waals surface area contributed by atoms with Crippen molar-refractivity contribution >= 4 is 21.8 Å². The molecule has 0 spiro atoms. The van der Waals surface area contributed by atoms with Crippen LogP contribution in [0.4, 0.5) is 4.39 Å². The number of carbonyl (C=O) groups is 1. The van der Waals surface area contributed by atoms with Gasteiger partial charge in [-0.3, -0.25) is 4.79 Å². The van der Waals surface area contributed by atoms with Crippen molar-refractivity contribution < 1.29 is 13.9 Å². The second kappa shape index (κ2) is 9.04. The number of likely N-dealkylation sites (N-methyl/N-ethyl adjacent to an activating group) is 1. The number of alkyl halides is 1. The van der Waals surface area contributed by atoms with Crippen LogP contribution < -0.4 is 0 Å². The molecule has 0 saturated heterocycles. The lowest BCUT2D eigenvalue weighted by molar-refractivity contribution is -0.131. The van der Waals surface area contributed by atoms with Crippen molar-refractivity contribution in [3.63, 3.8) is 0 Å². The Labute approximate surface area is 121 Å². The van der Waals surface area contributed by atoms with E-state index < -0.39 is 0 Å². The molecule has 1 rings (SSSR count). The lowest BCUT2D eigenvalue weighted by Gasteiger charge is -2.20. The van der Waals surface area contributed by atoms with Crippen LogP contribution in [0.2, 0.25) is 0 Å². The highest BCUT2D eigenvalue weighted by atomic mass is 79.9. The van der Waals surface area contributed by atoms with Crippen LogP contribution in [0, 0.1) is 5.82 Å². The Hall–Kier alpha value is -0.940. The second-order valence-corrected chi connectivity index (χ2v) is 4.87. The first kappa shape index (κ1) is 16.1. The first-order valence-corrected chi connectivity index (χ1v) is 7.45. The minimum absolute atomic E-state index is 0.0385. The van der Waals surface area contributed by atoms with E-state index in [1.54, 1.807) is 17.0 Å². The van der Waals surface area contributed by atoms with Crippen molar-refractivity contribution in [1.82, 2.24) is 4.90 Å². The minimum atomic E-state index is -0.285. The number of hydrogen-bond acceptors (Lipinski definition) is 2. The molecule has 0 aromatic heterocycles. The van der Waals surface area contributed by atoms with E-state index in [2.05, 4.69) is 15.9 Å². The molecule has 0 fully saturated rings. The Morgan fingerprint density at radius 1 is 1.32 bits per heavy atom. The summed E-state index contributed by atoms with van der Waals surface area (Å²) in [6, 6.07) is 6.03. The van der Waals surface area contributed by atoms with Gasteiger partial charge in [-0.1, -0.05) is 28.1 Å². The van der Waals surface area contributed by atoms with Gasteiger partial charge in [-0.25, -0.2) is 4.39 Å². The van der Waals surface area contributed by atoms with E-state index in [0.717, 1.165) is 10.9 Å². The summed E-state index contributed by atoms with van der Waals surface area (Å²) in [6.07, 6.45) is 0.298. The maximum absolute atomic E-state index is 12.8. The Kier molecular flexibility index (Phi) is 7.67. The molecule has 0 saturated carbocycles. The van der Waals surface area contributed by atoms with E-state index in [-0.39, 0.29) is 11.7 Å². The van der Waals surface area contributed by atoms with Crippen molar-refractivity contribution in [2.75, 3.05) is 31.6 Å². The molecule has 5 heteroatoms. The first-order chi connectivity index (χ1) is 9.17. The van der Waals surface area contributed by atoms with Crippen LogP contribution in [0.5, 0.6) is 0 Å². The van der Waals surface area contributed by atoms with Crippen LogP contribution in [0.15, 0.2) is 24.3 Å². The highest BCUT2D eigenvalue weighted by Crippen LogP contribution is 2.05. The molecule has 19 heavy (non-hydrogen) atoms. The fourth-order valence-electron chi connectivity index (χ4n) is 1.68. The number of hydrogen-bond donors (Lipinski definition) is 0. The normalized spacial score (nSPS) is 10.5. The molecule has 1 amide bonds. The quantitative estimate of drug-likeness (QED) is 0.541. The molecule has 0 atom stereocenters. The molecule has 0 aliphatic rings. The number of rotatable bonds is 8. The van der Waals surface area contributed by atoms with Gasteiger partial charge in [0, 0.05) is 18.4 Å². The van der Waals surface area contributed by atoms with Crippen LogP contribution in [0.25, 0.3) is 0 Å². The van der Waals surface area contributed by atoms with Crippen LogP contribution in [0.1, 0.15) is 12.5 Å². The summed E-state index contributed by atoms with van der Waals surface area (Å²) in [4.78, 5) is 13.8. The fraction of sp³-hybridized carbons (Fsp3) is 0.500. The molecule has 0 bridgehead atoms. The van der Waals surface area contributed by atoms with Crippen LogP contribution in [-0.4, -0.2) is 42.4 Å². The van der Waals surface area contributed by atoms with Crippen molar-refractivity contribution in [1.29, 1.82) is 0 Å². The lowest BCUT2D eigenvalue weighted by atomic mass is 10.1. The van der Waals surface area contributed by atoms with Gasteiger partial charge in [0.05, 0.1) is 19.6 Å². The van der Waals surface area contributed by atoms with Crippen molar-refractivity contribution in [2.45, 2.75) is 13.3 Å². The van der Waals surface area contributed by atoms with Crippen molar-refractivity contribution in [3.05, 3.63) is 35.6 Å². The Balaban J connectivity index is 2.42. The summed E-state index contributed by atoms with van der Waals surface area (Å²) in [5.41, 5.74) is 0.825. The predicted molar refractivity (Wildman–Crippen MR) is 77.0 cm³/mol. The van der Waals surface area contributed by atoms with Crippen LogP contribution in [0.3, 0.4) is 0 Å². The van der Waals surface area contributed by atoms with Gasteiger partial charge in [0.15, 0.2) is 0 Å². The topological polar surface area (TPSA) is 29.5 Å². The summed E-state index contributed by atoms with van der Waals surface area (Å²) in [7, 11) is 0. The summed E-state index contributed by atoms with van der Waals surface area (Å²) < 4.78 is 18.1. The molecule has 0 heterocycles. The third-order valence-corrected chi connectivity index (χ3v) is 3.05. The predicted octanol–water partition coefficient (Wildman–Crippen LogP) is 2.63. The summed E-state index contributed by atoms with van der Waals surface area (Å²) >= 11 is 3.28. The highest BCUT2D eigenvalue weighted by molar-refractivity contribution is 9.09. The van der Waals surface area contributed by atoms with Gasteiger partial charge >= 0.3 is 0 Å². The molecule has 0 N–H and O–H groups in total. The van der Waals surface area contributed by atoms with Gasteiger partial charge in [-0.05, 0) is 24.6 Å². The molecule has 0 aliphatic heterocycles. The van der Waals surface area contributed by atoms with Crippen molar-refractivity contribution in [3.8, 4) is 0 Å². The molecule has 1 aromatic rings. The van der Waals surface area contributed by atoms with E-state index in [0.29, 0.717) is 32.7 Å². The monoisotopic (exact) mass is 331 g/mol. The number of carbonyl (C=O) groups excluding carboxylic acids is 1. The molecule has 106 valence electrons. The molecule has 0 unspecified atom stereocenters. The molecule has 1 aromatic carbocycles. The zero-order valence-corrected chi connectivity index (χ0v) is 12.7. The minimum Gasteiger partial charge on any atom is -0.379 e. The zero-order valence-electron chi connectivity index (χ0n) is 11.1. The Morgan fingerprint density at radius 2 is 2.00 bits per heavy atom. The van der Waals surface area contributed by atoms with Gasteiger partial charge in [-0.2, -0.15) is 0 Å². The smallest absolute Gasteiger partial charge is 0.227 e. The van der Waals surface area contributed by atoms with Crippen molar-refractivity contribution in [2.24, 2.45) is 0 Å². The molecule has 0 radical (unpaired) electrons. The van der Waals surface area contributed by atoms with Gasteiger partial charge < -0.3 is 9.64 Å². The second-order valence-electron chi connectivity index (χ2n) is 4.08. The van der Waals surface area contributed by atoms with E-state index in [4.69, 9.17) is 4.74 Å². The van der Waals surface area contributed by atoms with Gasteiger partial charge in [0.25, 0.3) is 0 Å². The van der Waals surface area contributed by atoms with Gasteiger partial charge in [-0.15, -0.1) is 0 Å². The van der Waals surface area contributed by atoms with E-state index in [9.17, 15) is 9.18 Å². The lowest BCUT2D eigenvalue weighted by Crippen LogP contribution is -2.35. The van der Waals surface area contributed by atoms with E-state index in [1.165, 1.54) is 12.1 Å². The highest BCUT2D eigenvalue weighted by Gasteiger charge is 2.12. The maximum Gasteiger partial charge on any atom is 0.227 e. The average Bonchev–Trinajstić information content (AvgIpc) is 2.41. The summed E-state index contributed by atoms with van der Waals surface area (Å²) in [6.45, 7) is 4.35. The molecular formula is C14H19BrFNO2. The fourth-order valence-corrected chi connectivity index (χ4v) is 1.91. The first-order valence-electron chi connectivity index (χ1n) is 6.33. The molecular weight excluding hydrogens is 313 g/mol. The molecule has 0 aliphatic carbocycles. The SMILES string of the molecule is CCN(CCOCCBr)C(=O)Cc1ccc(F)cc1. The number of ether oxygens (including phenoxy) is 1.